The molecule has 5 rings (SSSR count). The predicted molar refractivity (Wildman–Crippen MR) is 162 cm³/mol. The van der Waals surface area contributed by atoms with Gasteiger partial charge in [0.05, 0.1) is 19.5 Å². The number of nitrogen functional groups attached to an aromatic ring is 1. The van der Waals surface area contributed by atoms with E-state index in [1.54, 1.807) is 4.57 Å². The van der Waals surface area contributed by atoms with Gasteiger partial charge in [0.25, 0.3) is 8.32 Å². The maximum atomic E-state index is 14.2. The lowest BCUT2D eigenvalue weighted by molar-refractivity contribution is -0.0722. The summed E-state index contributed by atoms with van der Waals surface area (Å²) in [6, 6.07) is 20.3. The lowest BCUT2D eigenvalue weighted by atomic mass is 9.86. The smallest absolute Gasteiger partial charge is 0.450 e. The van der Waals surface area contributed by atoms with Gasteiger partial charge in [0.2, 0.25) is 0 Å². The fourth-order valence-corrected chi connectivity index (χ4v) is 10.7. The van der Waals surface area contributed by atoms with Gasteiger partial charge in [-0.15, -0.1) is 6.42 Å². The number of nitrogens with zero attached hydrogens (tertiary/aromatic N) is 4. The van der Waals surface area contributed by atoms with E-state index in [4.69, 9.17) is 31.2 Å². The summed E-state index contributed by atoms with van der Waals surface area (Å²) in [5.74, 6) is 2.38. The largest absolute Gasteiger partial charge is 0.505 e. The number of halogens is 1. The van der Waals surface area contributed by atoms with Crippen molar-refractivity contribution in [3.05, 3.63) is 73.1 Å². The first kappa shape index (κ1) is 30.2. The Bertz CT molecular complexity index is 1600. The number of fused-ring (bicyclic) bond motifs is 1. The Balaban J connectivity index is 1.57. The molecule has 224 valence electrons. The summed E-state index contributed by atoms with van der Waals surface area (Å²) in [5.41, 5.74) is 5.00. The van der Waals surface area contributed by atoms with Crippen LogP contribution in [0.3, 0.4) is 0 Å². The Kier molecular flexibility index (Phi) is 8.24. The van der Waals surface area contributed by atoms with Crippen molar-refractivity contribution >= 4 is 41.8 Å². The SMILES string of the molecule is C#C[C@]1(CO[Si](c2ccccc2)(c2ccccc2)C(C)(C)C)O[C@@H](n2cnc3c(N)nc(F)nc32)C[C@@H]1CCOC(=O)O. The van der Waals surface area contributed by atoms with Crippen LogP contribution >= 0.6 is 0 Å². The van der Waals surface area contributed by atoms with Gasteiger partial charge in [0.15, 0.2) is 22.6 Å². The third kappa shape index (κ3) is 5.59. The van der Waals surface area contributed by atoms with E-state index in [0.29, 0.717) is 6.42 Å². The van der Waals surface area contributed by atoms with Crippen LogP contribution in [0.2, 0.25) is 5.04 Å². The van der Waals surface area contributed by atoms with Crippen LogP contribution in [0.25, 0.3) is 11.2 Å². The van der Waals surface area contributed by atoms with Gasteiger partial charge in [-0.2, -0.15) is 14.4 Å². The van der Waals surface area contributed by atoms with Crippen molar-refractivity contribution in [2.45, 2.75) is 50.5 Å². The molecule has 0 aliphatic carbocycles. The molecule has 43 heavy (non-hydrogen) atoms. The summed E-state index contributed by atoms with van der Waals surface area (Å²) in [5, 5.41) is 10.9. The van der Waals surface area contributed by atoms with Crippen LogP contribution < -0.4 is 16.1 Å². The second kappa shape index (κ2) is 11.8. The highest BCUT2D eigenvalue weighted by Gasteiger charge is 2.55. The molecule has 2 aromatic carbocycles. The van der Waals surface area contributed by atoms with Gasteiger partial charge in [0.1, 0.15) is 6.23 Å². The number of imidazole rings is 1. The zero-order valence-electron chi connectivity index (χ0n) is 24.2. The molecule has 0 radical (unpaired) electrons. The average Bonchev–Trinajstić information content (AvgIpc) is 3.56. The molecule has 1 aliphatic heterocycles. The van der Waals surface area contributed by atoms with Crippen molar-refractivity contribution in [1.82, 2.24) is 19.5 Å². The second-order valence-corrected chi connectivity index (χ2v) is 15.9. The third-order valence-corrected chi connectivity index (χ3v) is 13.1. The molecule has 10 nitrogen and oxygen atoms in total. The number of ether oxygens (including phenoxy) is 2. The molecule has 0 spiro atoms. The predicted octanol–water partition coefficient (Wildman–Crippen LogP) is 4.12. The van der Waals surface area contributed by atoms with Crippen LogP contribution in [0.15, 0.2) is 67.0 Å². The van der Waals surface area contributed by atoms with Crippen molar-refractivity contribution in [3.63, 3.8) is 0 Å². The standard InChI is InChI=1S/C31H34FN5O5Si/c1-5-31(19-41-43(30(2,3)4,22-12-8-6-9-13-22)23-14-10-7-11-15-23)21(16-17-40-29(38)39)18-24(42-31)37-20-34-25-26(33)35-28(32)36-27(25)37/h1,6-15,20-21,24H,16-19H2,2-4H3,(H,38,39)(H2,33,35,36)/t21-,24+,31+/m0/s1. The van der Waals surface area contributed by atoms with Crippen molar-refractivity contribution < 1.29 is 28.2 Å². The van der Waals surface area contributed by atoms with Crippen LogP contribution in [0.4, 0.5) is 15.0 Å². The summed E-state index contributed by atoms with van der Waals surface area (Å²) >= 11 is 0. The van der Waals surface area contributed by atoms with Gasteiger partial charge in [-0.3, -0.25) is 4.57 Å². The van der Waals surface area contributed by atoms with Crippen LogP contribution in [0.5, 0.6) is 0 Å². The number of aromatic nitrogens is 4. The Morgan fingerprint density at radius 1 is 1.19 bits per heavy atom. The summed E-state index contributed by atoms with van der Waals surface area (Å²) in [7, 11) is -3.01. The number of hydrogen-bond donors (Lipinski definition) is 2. The van der Waals surface area contributed by atoms with E-state index >= 15 is 0 Å². The average molecular weight is 604 g/mol. The van der Waals surface area contributed by atoms with Gasteiger partial charge in [-0.25, -0.2) is 9.78 Å². The monoisotopic (exact) mass is 603 g/mol. The second-order valence-electron chi connectivity index (χ2n) is 11.6. The lowest BCUT2D eigenvalue weighted by Crippen LogP contribution is -2.67. The fourth-order valence-electron chi connectivity index (χ4n) is 6.07. The number of benzene rings is 2. The van der Waals surface area contributed by atoms with Gasteiger partial charge in [-0.1, -0.05) is 87.4 Å². The van der Waals surface area contributed by atoms with Crippen LogP contribution in [-0.2, 0) is 13.9 Å². The van der Waals surface area contributed by atoms with Crippen LogP contribution in [-0.4, -0.2) is 57.9 Å². The molecule has 1 fully saturated rings. The molecule has 0 amide bonds. The Morgan fingerprint density at radius 3 is 2.37 bits per heavy atom. The van der Waals surface area contributed by atoms with Crippen molar-refractivity contribution in [2.75, 3.05) is 18.9 Å². The molecule has 3 N–H and O–H groups in total. The normalized spacial score (nSPS) is 20.6. The summed E-state index contributed by atoms with van der Waals surface area (Å²) in [6.45, 7) is 6.41. The van der Waals surface area contributed by atoms with E-state index in [0.717, 1.165) is 10.4 Å². The summed E-state index contributed by atoms with van der Waals surface area (Å²) in [6.07, 6.45) is 5.24. The molecule has 1 aliphatic rings. The number of nitrogens with two attached hydrogens (primary N) is 1. The Hall–Kier alpha value is -4.31. The first-order valence-corrected chi connectivity index (χ1v) is 15.8. The lowest BCUT2D eigenvalue weighted by Gasteiger charge is -2.45. The van der Waals surface area contributed by atoms with E-state index < -0.39 is 32.4 Å². The molecule has 1 saturated heterocycles. The quantitative estimate of drug-likeness (QED) is 0.125. The molecule has 2 aromatic heterocycles. The maximum absolute atomic E-state index is 14.2. The summed E-state index contributed by atoms with van der Waals surface area (Å²) in [4.78, 5) is 22.9. The first-order chi connectivity index (χ1) is 20.5. The molecule has 3 heterocycles. The molecular formula is C31H34FN5O5Si. The van der Waals surface area contributed by atoms with E-state index in [-0.39, 0.29) is 47.6 Å². The van der Waals surface area contributed by atoms with E-state index in [1.807, 2.05) is 36.4 Å². The number of anilines is 1. The van der Waals surface area contributed by atoms with E-state index in [1.165, 1.54) is 6.33 Å². The maximum Gasteiger partial charge on any atom is 0.505 e. The molecular weight excluding hydrogens is 569 g/mol. The first-order valence-electron chi connectivity index (χ1n) is 13.9. The molecule has 3 atom stereocenters. The van der Waals surface area contributed by atoms with E-state index in [9.17, 15) is 9.18 Å². The molecule has 12 heteroatoms. The Labute approximate surface area is 250 Å². The Morgan fingerprint density at radius 2 is 1.81 bits per heavy atom. The molecule has 0 bridgehead atoms. The third-order valence-electron chi connectivity index (χ3n) is 8.08. The highest BCUT2D eigenvalue weighted by atomic mass is 28.4. The number of terminal acetylenes is 1. The highest BCUT2D eigenvalue weighted by Crippen LogP contribution is 2.46. The molecule has 0 unspecified atom stereocenters. The number of hydrogen-bond acceptors (Lipinski definition) is 8. The summed E-state index contributed by atoms with van der Waals surface area (Å²) < 4.78 is 34.4. The van der Waals surface area contributed by atoms with Crippen LogP contribution in [0.1, 0.15) is 39.8 Å². The zero-order valence-corrected chi connectivity index (χ0v) is 25.2. The fraction of sp³-hybridized carbons (Fsp3) is 0.355. The minimum atomic E-state index is -3.01. The van der Waals surface area contributed by atoms with Gasteiger partial charge in [-0.05, 0) is 28.3 Å². The number of rotatable bonds is 9. The van der Waals surface area contributed by atoms with Crippen molar-refractivity contribution in [1.29, 1.82) is 0 Å². The van der Waals surface area contributed by atoms with Crippen molar-refractivity contribution in [3.8, 4) is 12.3 Å². The van der Waals surface area contributed by atoms with Gasteiger partial charge in [0, 0.05) is 5.92 Å². The minimum Gasteiger partial charge on any atom is -0.450 e. The number of carboxylic acid groups (broad SMARTS) is 1. The molecule has 4 aromatic rings. The van der Waals surface area contributed by atoms with Crippen molar-refractivity contribution in [2.24, 2.45) is 5.92 Å². The number of carbonyl (C=O) groups is 1. The van der Waals surface area contributed by atoms with Crippen LogP contribution in [0, 0.1) is 24.3 Å². The minimum absolute atomic E-state index is 0.0170. The zero-order chi connectivity index (χ0) is 30.8. The highest BCUT2D eigenvalue weighted by molar-refractivity contribution is 6.99. The van der Waals surface area contributed by atoms with Gasteiger partial charge >= 0.3 is 12.2 Å². The topological polar surface area (TPSA) is 135 Å². The van der Waals surface area contributed by atoms with E-state index in [2.05, 4.69) is 65.9 Å². The molecule has 0 saturated carbocycles. The van der Waals surface area contributed by atoms with Gasteiger partial charge < -0.3 is 24.7 Å².